The van der Waals surface area contributed by atoms with Gasteiger partial charge in [-0.15, -0.1) is 0 Å². The quantitative estimate of drug-likeness (QED) is 0.385. The molecule has 0 bridgehead atoms. The van der Waals surface area contributed by atoms with Crippen LogP contribution in [0.5, 0.6) is 0 Å². The third-order valence-electron chi connectivity index (χ3n) is 6.78. The Balaban J connectivity index is 0.000000385. The molecule has 1 heterocycles. The Morgan fingerprint density at radius 1 is 1.16 bits per heavy atom. The fourth-order valence-electron chi connectivity index (χ4n) is 4.95. The van der Waals surface area contributed by atoms with Crippen LogP contribution in [0, 0.1) is 17.2 Å². The van der Waals surface area contributed by atoms with Crippen LogP contribution in [-0.4, -0.2) is 25.4 Å². The minimum Gasteiger partial charge on any atom is -0.372 e. The molecule has 2 aliphatic carbocycles. The van der Waals surface area contributed by atoms with Crippen molar-refractivity contribution < 1.29 is 14.0 Å². The standard InChI is InChI=1S/C19H24Cl2FNO.C4H9N.CH3NO/c1-19(10-4-5-11-19)17(23-18(24)12-6-2-3-7-12)15-14(22)9-8-13(20)16(15)21;1-2-4-5-3-1;2-1-3/h8-9,12,17H,2-7,10-11H2,1H3,(H,23,24);5H,1-4H2;1H,(H2,2,3). The number of benzene rings is 1. The molecular weight excluding hydrogens is 452 g/mol. The van der Waals surface area contributed by atoms with Gasteiger partial charge in [0.2, 0.25) is 12.3 Å². The Bertz CT molecular complexity index is 739. The van der Waals surface area contributed by atoms with Gasteiger partial charge in [-0.1, -0.05) is 55.8 Å². The fourth-order valence-corrected chi connectivity index (χ4v) is 5.37. The van der Waals surface area contributed by atoms with Crippen molar-refractivity contribution in [2.75, 3.05) is 13.1 Å². The number of carbonyl (C=O) groups is 2. The summed E-state index contributed by atoms with van der Waals surface area (Å²) in [6.07, 6.45) is 11.1. The lowest BCUT2D eigenvalue weighted by Gasteiger charge is -2.36. The Morgan fingerprint density at radius 3 is 2.22 bits per heavy atom. The zero-order valence-electron chi connectivity index (χ0n) is 18.9. The molecule has 1 aromatic carbocycles. The molecule has 2 amide bonds. The monoisotopic (exact) mass is 487 g/mol. The molecule has 3 fully saturated rings. The summed E-state index contributed by atoms with van der Waals surface area (Å²) < 4.78 is 14.6. The molecule has 0 spiro atoms. The summed E-state index contributed by atoms with van der Waals surface area (Å²) in [5.41, 5.74) is 4.32. The second-order valence-electron chi connectivity index (χ2n) is 9.13. The van der Waals surface area contributed by atoms with Crippen molar-refractivity contribution in [3.63, 3.8) is 0 Å². The first kappa shape index (κ1) is 26.9. The highest BCUT2D eigenvalue weighted by Crippen LogP contribution is 2.50. The summed E-state index contributed by atoms with van der Waals surface area (Å²) in [5, 5.41) is 6.92. The van der Waals surface area contributed by atoms with Crippen molar-refractivity contribution in [2.45, 2.75) is 77.2 Å². The number of primary amides is 1. The van der Waals surface area contributed by atoms with Crippen molar-refractivity contribution >= 4 is 35.5 Å². The second-order valence-corrected chi connectivity index (χ2v) is 9.92. The van der Waals surface area contributed by atoms with Gasteiger partial charge in [-0.05, 0) is 69.2 Å². The number of carbonyl (C=O) groups excluding carboxylic acids is 2. The number of rotatable bonds is 4. The molecule has 4 N–H and O–H groups in total. The van der Waals surface area contributed by atoms with Crippen molar-refractivity contribution in [1.29, 1.82) is 0 Å². The van der Waals surface area contributed by atoms with Crippen LogP contribution in [0.2, 0.25) is 10.0 Å². The second kappa shape index (κ2) is 13.4. The third-order valence-corrected chi connectivity index (χ3v) is 7.60. The molecule has 1 aromatic rings. The normalized spacial score (nSPS) is 20.5. The lowest BCUT2D eigenvalue weighted by atomic mass is 9.76. The van der Waals surface area contributed by atoms with Gasteiger partial charge < -0.3 is 16.4 Å². The molecule has 1 aliphatic heterocycles. The summed E-state index contributed by atoms with van der Waals surface area (Å²) in [4.78, 5) is 21.3. The van der Waals surface area contributed by atoms with E-state index in [1.54, 1.807) is 0 Å². The summed E-state index contributed by atoms with van der Waals surface area (Å²) in [7, 11) is 0. The Kier molecular flexibility index (Phi) is 11.2. The zero-order chi connectivity index (χ0) is 23.6. The number of nitrogens with one attached hydrogen (secondary N) is 2. The van der Waals surface area contributed by atoms with E-state index in [1.165, 1.54) is 38.1 Å². The smallest absolute Gasteiger partial charge is 0.223 e. The summed E-state index contributed by atoms with van der Waals surface area (Å²) in [6.45, 7) is 4.62. The number of amides is 2. The van der Waals surface area contributed by atoms with Crippen molar-refractivity contribution in [2.24, 2.45) is 17.1 Å². The molecular formula is C24H36Cl2FN3O2. The Morgan fingerprint density at radius 2 is 1.72 bits per heavy atom. The summed E-state index contributed by atoms with van der Waals surface area (Å²) >= 11 is 12.5. The molecule has 2 saturated carbocycles. The van der Waals surface area contributed by atoms with Gasteiger partial charge >= 0.3 is 0 Å². The molecule has 180 valence electrons. The number of nitrogens with two attached hydrogens (primary N) is 1. The number of hydrogen-bond donors (Lipinski definition) is 3. The highest BCUT2D eigenvalue weighted by Gasteiger charge is 2.42. The fraction of sp³-hybridized carbons (Fsp3) is 0.667. The van der Waals surface area contributed by atoms with Crippen molar-refractivity contribution in [1.82, 2.24) is 10.6 Å². The van der Waals surface area contributed by atoms with E-state index in [0.29, 0.717) is 10.6 Å². The number of halogens is 3. The predicted molar refractivity (Wildman–Crippen MR) is 128 cm³/mol. The average Bonchev–Trinajstić information content (AvgIpc) is 3.55. The van der Waals surface area contributed by atoms with Gasteiger partial charge in [0, 0.05) is 11.5 Å². The summed E-state index contributed by atoms with van der Waals surface area (Å²) in [6, 6.07) is 2.38. The maximum atomic E-state index is 14.6. The minimum atomic E-state index is -0.431. The van der Waals surface area contributed by atoms with Crippen LogP contribution >= 0.6 is 23.2 Å². The molecule has 4 rings (SSSR count). The Labute approximate surface area is 201 Å². The molecule has 0 aromatic heterocycles. The molecule has 8 heteroatoms. The van der Waals surface area contributed by atoms with Gasteiger partial charge in [0.15, 0.2) is 0 Å². The molecule has 1 saturated heterocycles. The first-order valence-electron chi connectivity index (χ1n) is 11.6. The van der Waals surface area contributed by atoms with Crippen LogP contribution in [0.15, 0.2) is 12.1 Å². The SMILES string of the molecule is C1CCNC1.CC1(C(NC(=O)C2CCCC2)c2c(F)ccc(Cl)c2Cl)CCCC1.NC=O. The third kappa shape index (κ3) is 7.32. The van der Waals surface area contributed by atoms with Crippen LogP contribution < -0.4 is 16.4 Å². The predicted octanol–water partition coefficient (Wildman–Crippen LogP) is 5.53. The minimum absolute atomic E-state index is 0.0288. The van der Waals surface area contributed by atoms with Gasteiger partial charge in [-0.3, -0.25) is 9.59 Å². The van der Waals surface area contributed by atoms with Gasteiger partial charge in [0.25, 0.3) is 0 Å². The number of hydrogen-bond acceptors (Lipinski definition) is 3. The van der Waals surface area contributed by atoms with Crippen LogP contribution in [-0.2, 0) is 9.59 Å². The van der Waals surface area contributed by atoms with E-state index in [0.717, 1.165) is 51.4 Å². The largest absolute Gasteiger partial charge is 0.372 e. The highest BCUT2D eigenvalue weighted by molar-refractivity contribution is 6.42. The summed E-state index contributed by atoms with van der Waals surface area (Å²) in [5.74, 6) is -0.325. The highest BCUT2D eigenvalue weighted by atomic mass is 35.5. The van der Waals surface area contributed by atoms with Crippen LogP contribution in [0.1, 0.15) is 82.7 Å². The maximum absolute atomic E-state index is 14.6. The van der Waals surface area contributed by atoms with E-state index < -0.39 is 11.9 Å². The first-order valence-corrected chi connectivity index (χ1v) is 12.4. The van der Waals surface area contributed by atoms with Gasteiger partial charge in [-0.2, -0.15) is 0 Å². The molecule has 1 atom stereocenters. The van der Waals surface area contributed by atoms with Crippen LogP contribution in [0.3, 0.4) is 0 Å². The van der Waals surface area contributed by atoms with Gasteiger partial charge in [0.1, 0.15) is 5.82 Å². The average molecular weight is 488 g/mol. The van der Waals surface area contributed by atoms with Crippen molar-refractivity contribution in [3.8, 4) is 0 Å². The lowest BCUT2D eigenvalue weighted by Crippen LogP contribution is -2.41. The van der Waals surface area contributed by atoms with Crippen molar-refractivity contribution in [3.05, 3.63) is 33.6 Å². The van der Waals surface area contributed by atoms with Crippen LogP contribution in [0.25, 0.3) is 0 Å². The van der Waals surface area contributed by atoms with Gasteiger partial charge in [-0.25, -0.2) is 4.39 Å². The molecule has 0 radical (unpaired) electrons. The molecule has 32 heavy (non-hydrogen) atoms. The van der Waals surface area contributed by atoms with E-state index >= 15 is 0 Å². The molecule has 1 unspecified atom stereocenters. The van der Waals surface area contributed by atoms with E-state index in [9.17, 15) is 9.18 Å². The van der Waals surface area contributed by atoms with E-state index in [2.05, 4.69) is 23.3 Å². The first-order chi connectivity index (χ1) is 15.3. The van der Waals surface area contributed by atoms with E-state index in [1.807, 2.05) is 0 Å². The van der Waals surface area contributed by atoms with Crippen LogP contribution in [0.4, 0.5) is 4.39 Å². The van der Waals surface area contributed by atoms with E-state index in [-0.39, 0.29) is 28.7 Å². The van der Waals surface area contributed by atoms with E-state index in [4.69, 9.17) is 28.0 Å². The lowest BCUT2D eigenvalue weighted by molar-refractivity contribution is -0.126. The zero-order valence-corrected chi connectivity index (χ0v) is 20.4. The van der Waals surface area contributed by atoms with Gasteiger partial charge in [0.05, 0.1) is 16.1 Å². The Hall–Kier alpha value is -1.37. The topological polar surface area (TPSA) is 84.2 Å². The molecule has 5 nitrogen and oxygen atoms in total. The maximum Gasteiger partial charge on any atom is 0.223 e. The molecule has 3 aliphatic rings.